The van der Waals surface area contributed by atoms with Gasteiger partial charge in [-0.2, -0.15) is 0 Å². The Balaban J connectivity index is 1.92. The second-order valence-corrected chi connectivity index (χ2v) is 6.31. The summed E-state index contributed by atoms with van der Waals surface area (Å²) in [4.78, 5) is 5.01. The molecule has 1 saturated heterocycles. The first-order chi connectivity index (χ1) is 10.6. The SMILES string of the molecule is CCOc1ccc(CN2CCN(C(C)C)[C@@H](CCO)C2)cc1. The minimum absolute atomic E-state index is 0.269. The van der Waals surface area contributed by atoms with E-state index < -0.39 is 0 Å². The molecular formula is C18H30N2O2. The number of aliphatic hydroxyl groups excluding tert-OH is 1. The lowest BCUT2D eigenvalue weighted by Crippen LogP contribution is -2.55. The molecule has 1 atom stereocenters. The summed E-state index contributed by atoms with van der Waals surface area (Å²) < 4.78 is 5.49. The summed E-state index contributed by atoms with van der Waals surface area (Å²) >= 11 is 0. The van der Waals surface area contributed by atoms with E-state index in [0.29, 0.717) is 18.7 Å². The highest BCUT2D eigenvalue weighted by Gasteiger charge is 2.28. The molecule has 1 aliphatic heterocycles. The number of ether oxygens (including phenoxy) is 1. The smallest absolute Gasteiger partial charge is 0.119 e. The van der Waals surface area contributed by atoms with Crippen molar-refractivity contribution in [3.63, 3.8) is 0 Å². The van der Waals surface area contributed by atoms with Gasteiger partial charge >= 0.3 is 0 Å². The average molecular weight is 306 g/mol. The first kappa shape index (κ1) is 17.3. The van der Waals surface area contributed by atoms with E-state index in [4.69, 9.17) is 4.74 Å². The zero-order valence-electron chi connectivity index (χ0n) is 14.2. The van der Waals surface area contributed by atoms with Gasteiger partial charge in [-0.15, -0.1) is 0 Å². The summed E-state index contributed by atoms with van der Waals surface area (Å²) in [6, 6.07) is 9.41. The minimum atomic E-state index is 0.269. The topological polar surface area (TPSA) is 35.9 Å². The molecule has 0 saturated carbocycles. The van der Waals surface area contributed by atoms with E-state index in [1.165, 1.54) is 5.56 Å². The van der Waals surface area contributed by atoms with Crippen LogP contribution in [0.1, 0.15) is 32.8 Å². The number of nitrogens with zero attached hydrogens (tertiary/aromatic N) is 2. The Labute approximate surface area is 134 Å². The molecule has 0 spiro atoms. The highest BCUT2D eigenvalue weighted by molar-refractivity contribution is 5.27. The van der Waals surface area contributed by atoms with Crippen molar-refractivity contribution >= 4 is 0 Å². The number of hydrogen-bond acceptors (Lipinski definition) is 4. The fourth-order valence-corrected chi connectivity index (χ4v) is 3.28. The molecule has 4 nitrogen and oxygen atoms in total. The largest absolute Gasteiger partial charge is 0.494 e. The lowest BCUT2D eigenvalue weighted by atomic mass is 10.1. The van der Waals surface area contributed by atoms with Crippen LogP contribution in [0.4, 0.5) is 0 Å². The van der Waals surface area contributed by atoms with Gasteiger partial charge in [0.2, 0.25) is 0 Å². The highest BCUT2D eigenvalue weighted by Crippen LogP contribution is 2.19. The summed E-state index contributed by atoms with van der Waals surface area (Å²) in [7, 11) is 0. The van der Waals surface area contributed by atoms with Crippen molar-refractivity contribution in [2.24, 2.45) is 0 Å². The Morgan fingerprint density at radius 1 is 1.23 bits per heavy atom. The Morgan fingerprint density at radius 3 is 2.55 bits per heavy atom. The van der Waals surface area contributed by atoms with E-state index >= 15 is 0 Å². The van der Waals surface area contributed by atoms with Crippen LogP contribution in [-0.2, 0) is 6.54 Å². The van der Waals surface area contributed by atoms with E-state index in [9.17, 15) is 5.11 Å². The zero-order chi connectivity index (χ0) is 15.9. The molecule has 1 heterocycles. The van der Waals surface area contributed by atoms with Gasteiger partial charge in [0.25, 0.3) is 0 Å². The van der Waals surface area contributed by atoms with Crippen LogP contribution in [0.2, 0.25) is 0 Å². The maximum atomic E-state index is 9.32. The Hall–Kier alpha value is -1.10. The number of benzene rings is 1. The molecule has 0 unspecified atom stereocenters. The summed E-state index contributed by atoms with van der Waals surface area (Å²) in [5.74, 6) is 0.939. The fourth-order valence-electron chi connectivity index (χ4n) is 3.28. The van der Waals surface area contributed by atoms with Crippen molar-refractivity contribution in [1.29, 1.82) is 0 Å². The molecule has 1 aromatic rings. The van der Waals surface area contributed by atoms with Crippen molar-refractivity contribution in [3.8, 4) is 5.75 Å². The van der Waals surface area contributed by atoms with Gasteiger partial charge in [0.05, 0.1) is 6.61 Å². The lowest BCUT2D eigenvalue weighted by molar-refractivity contribution is 0.0349. The van der Waals surface area contributed by atoms with Gasteiger partial charge in [0.1, 0.15) is 5.75 Å². The van der Waals surface area contributed by atoms with Crippen LogP contribution >= 0.6 is 0 Å². The van der Waals surface area contributed by atoms with Crippen molar-refractivity contribution in [2.75, 3.05) is 32.8 Å². The molecule has 124 valence electrons. The van der Waals surface area contributed by atoms with E-state index in [-0.39, 0.29) is 6.61 Å². The van der Waals surface area contributed by atoms with Crippen molar-refractivity contribution < 1.29 is 9.84 Å². The molecule has 0 radical (unpaired) electrons. The van der Waals surface area contributed by atoms with E-state index in [2.05, 4.69) is 47.9 Å². The average Bonchev–Trinajstić information content (AvgIpc) is 2.50. The monoisotopic (exact) mass is 306 g/mol. The summed E-state index contributed by atoms with van der Waals surface area (Å²) in [5, 5.41) is 9.32. The number of aliphatic hydroxyl groups is 1. The minimum Gasteiger partial charge on any atom is -0.494 e. The maximum absolute atomic E-state index is 9.32. The number of rotatable bonds is 7. The quantitative estimate of drug-likeness (QED) is 0.839. The number of piperazine rings is 1. The van der Waals surface area contributed by atoms with Crippen LogP contribution < -0.4 is 4.74 Å². The van der Waals surface area contributed by atoms with Crippen LogP contribution in [0.25, 0.3) is 0 Å². The molecule has 0 aromatic heterocycles. The van der Waals surface area contributed by atoms with Gasteiger partial charge in [-0.1, -0.05) is 12.1 Å². The van der Waals surface area contributed by atoms with E-state index in [1.54, 1.807) is 0 Å². The van der Waals surface area contributed by atoms with Gasteiger partial charge in [0.15, 0.2) is 0 Å². The molecule has 0 aliphatic carbocycles. The molecule has 1 aromatic carbocycles. The molecule has 0 amide bonds. The second-order valence-electron chi connectivity index (χ2n) is 6.31. The van der Waals surface area contributed by atoms with Crippen molar-refractivity contribution in [2.45, 2.75) is 45.8 Å². The van der Waals surface area contributed by atoms with E-state index in [0.717, 1.165) is 38.3 Å². The lowest BCUT2D eigenvalue weighted by Gasteiger charge is -2.43. The van der Waals surface area contributed by atoms with Crippen LogP contribution in [0.5, 0.6) is 5.75 Å². The third kappa shape index (κ3) is 4.70. The maximum Gasteiger partial charge on any atom is 0.119 e. The Morgan fingerprint density at radius 2 is 1.95 bits per heavy atom. The predicted molar refractivity (Wildman–Crippen MR) is 90.2 cm³/mol. The zero-order valence-corrected chi connectivity index (χ0v) is 14.2. The van der Waals surface area contributed by atoms with Gasteiger partial charge in [-0.3, -0.25) is 9.80 Å². The van der Waals surface area contributed by atoms with Gasteiger partial charge < -0.3 is 9.84 Å². The molecule has 22 heavy (non-hydrogen) atoms. The third-order valence-electron chi connectivity index (χ3n) is 4.38. The van der Waals surface area contributed by atoms with Crippen molar-refractivity contribution in [1.82, 2.24) is 9.80 Å². The first-order valence-electron chi connectivity index (χ1n) is 8.44. The molecular weight excluding hydrogens is 276 g/mol. The first-order valence-corrected chi connectivity index (χ1v) is 8.44. The number of hydrogen-bond donors (Lipinski definition) is 1. The standard InChI is InChI=1S/C18H30N2O2/c1-4-22-18-7-5-16(6-8-18)13-19-10-11-20(15(2)3)17(14-19)9-12-21/h5-8,15,17,21H,4,9-14H2,1-3H3/t17-/m0/s1. The second kappa shape index (κ2) is 8.51. The summed E-state index contributed by atoms with van der Waals surface area (Å²) in [6.07, 6.45) is 0.859. The molecule has 1 fully saturated rings. The Kier molecular flexibility index (Phi) is 6.68. The predicted octanol–water partition coefficient (Wildman–Crippen LogP) is 2.36. The van der Waals surface area contributed by atoms with Gasteiger partial charge in [-0.25, -0.2) is 0 Å². The summed E-state index contributed by atoms with van der Waals surface area (Å²) in [6.45, 7) is 11.6. The molecule has 0 bridgehead atoms. The van der Waals surface area contributed by atoms with Crippen LogP contribution in [0.3, 0.4) is 0 Å². The molecule has 4 heteroatoms. The molecule has 1 aliphatic rings. The van der Waals surface area contributed by atoms with Gasteiger partial charge in [0, 0.05) is 44.9 Å². The third-order valence-corrected chi connectivity index (χ3v) is 4.38. The normalized spacial score (nSPS) is 20.5. The van der Waals surface area contributed by atoms with Crippen LogP contribution in [-0.4, -0.2) is 59.8 Å². The molecule has 2 rings (SSSR count). The fraction of sp³-hybridized carbons (Fsp3) is 0.667. The van der Waals surface area contributed by atoms with E-state index in [1.807, 2.05) is 6.92 Å². The van der Waals surface area contributed by atoms with Crippen LogP contribution in [0.15, 0.2) is 24.3 Å². The Bertz CT molecular complexity index is 433. The highest BCUT2D eigenvalue weighted by atomic mass is 16.5. The van der Waals surface area contributed by atoms with Gasteiger partial charge in [-0.05, 0) is 44.9 Å². The summed E-state index contributed by atoms with van der Waals surface area (Å²) in [5.41, 5.74) is 1.32. The van der Waals surface area contributed by atoms with Crippen molar-refractivity contribution in [3.05, 3.63) is 29.8 Å². The molecule has 1 N–H and O–H groups in total. The van der Waals surface area contributed by atoms with Crippen LogP contribution in [0, 0.1) is 0 Å².